The van der Waals surface area contributed by atoms with Gasteiger partial charge in [-0.25, -0.2) is 0 Å². The van der Waals surface area contributed by atoms with Crippen molar-refractivity contribution in [1.29, 1.82) is 0 Å². The Morgan fingerprint density at radius 1 is 1.11 bits per heavy atom. The van der Waals surface area contributed by atoms with Crippen LogP contribution < -0.4 is 10.1 Å². The predicted octanol–water partition coefficient (Wildman–Crippen LogP) is 3.06. The van der Waals surface area contributed by atoms with Crippen LogP contribution in [0.1, 0.15) is 34.5 Å². The molecule has 1 heterocycles. The van der Waals surface area contributed by atoms with Crippen LogP contribution in [0.5, 0.6) is 5.75 Å². The van der Waals surface area contributed by atoms with E-state index >= 15 is 0 Å². The molecule has 1 aliphatic heterocycles. The Morgan fingerprint density at radius 2 is 1.78 bits per heavy atom. The maximum atomic E-state index is 12.6. The zero-order valence-corrected chi connectivity index (χ0v) is 16.1. The van der Waals surface area contributed by atoms with Crippen LogP contribution in [-0.2, 0) is 11.2 Å². The number of benzene rings is 2. The van der Waals surface area contributed by atoms with E-state index < -0.39 is 0 Å². The highest BCUT2D eigenvalue weighted by Gasteiger charge is 2.23. The van der Waals surface area contributed by atoms with Crippen molar-refractivity contribution in [1.82, 2.24) is 10.2 Å². The molecule has 27 heavy (non-hydrogen) atoms. The van der Waals surface area contributed by atoms with Crippen molar-refractivity contribution in [3.05, 3.63) is 65.2 Å². The average molecular weight is 368 g/mol. The molecule has 1 fully saturated rings. The number of rotatable bonds is 7. The molecule has 1 aliphatic rings. The van der Waals surface area contributed by atoms with E-state index in [0.717, 1.165) is 38.5 Å². The van der Waals surface area contributed by atoms with Crippen molar-refractivity contribution in [2.24, 2.45) is 0 Å². The largest absolute Gasteiger partial charge is 0.497 e. The number of methoxy groups -OCH3 is 1. The van der Waals surface area contributed by atoms with Gasteiger partial charge >= 0.3 is 0 Å². The summed E-state index contributed by atoms with van der Waals surface area (Å²) in [5, 5.41) is 3.10. The third-order valence-electron chi connectivity index (χ3n) is 5.07. The summed E-state index contributed by atoms with van der Waals surface area (Å²) in [6.45, 7) is 5.93. The quantitative estimate of drug-likeness (QED) is 0.816. The molecule has 2 aromatic rings. The van der Waals surface area contributed by atoms with Crippen molar-refractivity contribution >= 4 is 5.91 Å². The standard InChI is InChI=1S/C22H28N2O3/c1-3-17-4-6-18(7-5-17)21(24-12-14-27-15-13-24)16-23-22(25)19-8-10-20(26-2)11-9-19/h4-11,21H,3,12-16H2,1-2H3,(H,23,25). The lowest BCUT2D eigenvalue weighted by Crippen LogP contribution is -2.43. The van der Waals surface area contributed by atoms with Gasteiger partial charge in [-0.1, -0.05) is 31.2 Å². The van der Waals surface area contributed by atoms with E-state index in [-0.39, 0.29) is 11.9 Å². The Labute approximate surface area is 161 Å². The van der Waals surface area contributed by atoms with E-state index in [4.69, 9.17) is 9.47 Å². The molecular weight excluding hydrogens is 340 g/mol. The van der Waals surface area contributed by atoms with E-state index in [1.54, 1.807) is 31.4 Å². The molecule has 0 aromatic heterocycles. The van der Waals surface area contributed by atoms with Crippen LogP contribution in [-0.4, -0.2) is 50.8 Å². The normalized spacial score (nSPS) is 15.9. The second kappa shape index (κ2) is 9.53. The van der Waals surface area contributed by atoms with Gasteiger partial charge in [0.2, 0.25) is 0 Å². The number of amides is 1. The molecule has 5 heteroatoms. The van der Waals surface area contributed by atoms with E-state index in [1.165, 1.54) is 11.1 Å². The minimum absolute atomic E-state index is 0.0684. The monoisotopic (exact) mass is 368 g/mol. The van der Waals surface area contributed by atoms with Gasteiger partial charge in [0.1, 0.15) is 5.75 Å². The van der Waals surface area contributed by atoms with Gasteiger partial charge in [-0.3, -0.25) is 9.69 Å². The Kier molecular flexibility index (Phi) is 6.85. The van der Waals surface area contributed by atoms with Crippen LogP contribution in [0.4, 0.5) is 0 Å². The summed E-state index contributed by atoms with van der Waals surface area (Å²) in [6.07, 6.45) is 1.02. The van der Waals surface area contributed by atoms with Crippen LogP contribution in [0.2, 0.25) is 0 Å². The van der Waals surface area contributed by atoms with E-state index in [2.05, 4.69) is 41.4 Å². The van der Waals surface area contributed by atoms with E-state index in [0.29, 0.717) is 12.1 Å². The first kappa shape index (κ1) is 19.4. The Balaban J connectivity index is 1.70. The lowest BCUT2D eigenvalue weighted by molar-refractivity contribution is 0.0162. The fourth-order valence-electron chi connectivity index (χ4n) is 3.36. The SMILES string of the molecule is CCc1ccc(C(CNC(=O)c2ccc(OC)cc2)N2CCOCC2)cc1. The van der Waals surface area contributed by atoms with Gasteiger partial charge in [0, 0.05) is 25.2 Å². The topological polar surface area (TPSA) is 50.8 Å². The number of hydrogen-bond donors (Lipinski definition) is 1. The molecule has 1 saturated heterocycles. The zero-order valence-electron chi connectivity index (χ0n) is 16.1. The van der Waals surface area contributed by atoms with Crippen LogP contribution >= 0.6 is 0 Å². The molecule has 3 rings (SSSR count). The maximum absolute atomic E-state index is 12.6. The number of ether oxygens (including phenoxy) is 2. The van der Waals surface area contributed by atoms with Crippen molar-refractivity contribution in [3.63, 3.8) is 0 Å². The molecular formula is C22H28N2O3. The Morgan fingerprint density at radius 3 is 2.37 bits per heavy atom. The second-order valence-corrected chi connectivity index (χ2v) is 6.70. The molecule has 0 bridgehead atoms. The number of carbonyl (C=O) groups excluding carboxylic acids is 1. The van der Waals surface area contributed by atoms with Gasteiger partial charge in [0.05, 0.1) is 26.4 Å². The molecule has 1 unspecified atom stereocenters. The number of nitrogens with zero attached hydrogens (tertiary/aromatic N) is 1. The minimum Gasteiger partial charge on any atom is -0.497 e. The first-order valence-corrected chi connectivity index (χ1v) is 9.54. The van der Waals surface area contributed by atoms with Gasteiger partial charge in [-0.15, -0.1) is 0 Å². The number of morpholine rings is 1. The average Bonchev–Trinajstić information content (AvgIpc) is 2.75. The van der Waals surface area contributed by atoms with Gasteiger partial charge < -0.3 is 14.8 Å². The minimum atomic E-state index is -0.0684. The maximum Gasteiger partial charge on any atom is 0.251 e. The molecule has 1 N–H and O–H groups in total. The molecule has 0 saturated carbocycles. The number of hydrogen-bond acceptors (Lipinski definition) is 4. The summed E-state index contributed by atoms with van der Waals surface area (Å²) < 4.78 is 10.7. The summed E-state index contributed by atoms with van der Waals surface area (Å²) in [6, 6.07) is 16.0. The summed E-state index contributed by atoms with van der Waals surface area (Å²) in [5.74, 6) is 0.676. The van der Waals surface area contributed by atoms with Crippen LogP contribution in [0.15, 0.2) is 48.5 Å². The van der Waals surface area contributed by atoms with Crippen LogP contribution in [0.25, 0.3) is 0 Å². The first-order valence-electron chi connectivity index (χ1n) is 9.54. The fraction of sp³-hybridized carbons (Fsp3) is 0.409. The second-order valence-electron chi connectivity index (χ2n) is 6.70. The zero-order chi connectivity index (χ0) is 19.1. The Hall–Kier alpha value is -2.37. The predicted molar refractivity (Wildman–Crippen MR) is 106 cm³/mol. The number of carbonyl (C=O) groups is 1. The van der Waals surface area contributed by atoms with Gasteiger partial charge in [-0.2, -0.15) is 0 Å². The molecule has 5 nitrogen and oxygen atoms in total. The van der Waals surface area contributed by atoms with Gasteiger partial charge in [0.25, 0.3) is 5.91 Å². The third-order valence-corrected chi connectivity index (χ3v) is 5.07. The van der Waals surface area contributed by atoms with Crippen LogP contribution in [0, 0.1) is 0 Å². The number of nitrogens with one attached hydrogen (secondary N) is 1. The van der Waals surface area contributed by atoms with Gasteiger partial charge in [-0.05, 0) is 41.8 Å². The third kappa shape index (κ3) is 5.08. The molecule has 144 valence electrons. The summed E-state index contributed by atoms with van der Waals surface area (Å²) in [5.41, 5.74) is 3.18. The highest BCUT2D eigenvalue weighted by molar-refractivity contribution is 5.94. The van der Waals surface area contributed by atoms with Crippen molar-refractivity contribution in [2.45, 2.75) is 19.4 Å². The summed E-state index contributed by atoms with van der Waals surface area (Å²) in [4.78, 5) is 15.0. The molecule has 0 aliphatic carbocycles. The van der Waals surface area contributed by atoms with Crippen molar-refractivity contribution in [2.75, 3.05) is 40.0 Å². The molecule has 2 aromatic carbocycles. The van der Waals surface area contributed by atoms with E-state index in [9.17, 15) is 4.79 Å². The number of aryl methyl sites for hydroxylation is 1. The first-order chi connectivity index (χ1) is 13.2. The lowest BCUT2D eigenvalue weighted by Gasteiger charge is -2.35. The molecule has 1 amide bonds. The van der Waals surface area contributed by atoms with Gasteiger partial charge in [0.15, 0.2) is 0 Å². The van der Waals surface area contributed by atoms with Crippen molar-refractivity contribution in [3.8, 4) is 5.75 Å². The highest BCUT2D eigenvalue weighted by atomic mass is 16.5. The summed E-state index contributed by atoms with van der Waals surface area (Å²) >= 11 is 0. The van der Waals surface area contributed by atoms with E-state index in [1.807, 2.05) is 0 Å². The lowest BCUT2D eigenvalue weighted by atomic mass is 10.0. The smallest absolute Gasteiger partial charge is 0.251 e. The highest BCUT2D eigenvalue weighted by Crippen LogP contribution is 2.22. The van der Waals surface area contributed by atoms with Crippen molar-refractivity contribution < 1.29 is 14.3 Å². The molecule has 1 atom stereocenters. The molecule has 0 radical (unpaired) electrons. The summed E-state index contributed by atoms with van der Waals surface area (Å²) in [7, 11) is 1.62. The molecule has 0 spiro atoms. The fourth-order valence-corrected chi connectivity index (χ4v) is 3.36. The van der Waals surface area contributed by atoms with Crippen LogP contribution in [0.3, 0.4) is 0 Å². The Bertz CT molecular complexity index is 722.